The molecule has 0 spiro atoms. The summed E-state index contributed by atoms with van der Waals surface area (Å²) in [6, 6.07) is 22.4. The highest BCUT2D eigenvalue weighted by Crippen LogP contribution is 2.36. The zero-order valence-electron chi connectivity index (χ0n) is 25.9. The van der Waals surface area contributed by atoms with Crippen LogP contribution in [0.4, 0.5) is 0 Å². The van der Waals surface area contributed by atoms with E-state index < -0.39 is 12.0 Å². The van der Waals surface area contributed by atoms with E-state index in [2.05, 4.69) is 10.6 Å². The molecule has 10 heteroatoms. The van der Waals surface area contributed by atoms with Crippen LogP contribution < -0.4 is 24.4 Å². The van der Waals surface area contributed by atoms with Crippen LogP contribution in [0.2, 0.25) is 0 Å². The fourth-order valence-corrected chi connectivity index (χ4v) is 6.82. The normalized spacial score (nSPS) is 14.5. The first-order valence-corrected chi connectivity index (χ1v) is 15.8. The second-order valence-corrected chi connectivity index (χ2v) is 11.7. The van der Waals surface area contributed by atoms with Crippen molar-refractivity contribution < 1.29 is 19.0 Å². The predicted molar refractivity (Wildman–Crippen MR) is 177 cm³/mol. The van der Waals surface area contributed by atoms with E-state index in [4.69, 9.17) is 19.2 Å². The van der Waals surface area contributed by atoms with E-state index in [0.29, 0.717) is 56.4 Å². The molecule has 0 saturated carbocycles. The first kappa shape index (κ1) is 30.6. The summed E-state index contributed by atoms with van der Waals surface area (Å²) in [5.74, 6) is 0.536. The molecule has 0 radical (unpaired) electrons. The van der Waals surface area contributed by atoms with Crippen LogP contribution in [-0.2, 0) is 16.1 Å². The van der Waals surface area contributed by atoms with Gasteiger partial charge < -0.3 is 18.8 Å². The third-order valence-electron chi connectivity index (χ3n) is 7.86. The molecule has 6 rings (SSSR count). The second kappa shape index (κ2) is 12.9. The molecule has 9 nitrogen and oxygen atoms in total. The molecule has 46 heavy (non-hydrogen) atoms. The Morgan fingerprint density at radius 2 is 1.85 bits per heavy atom. The standard InChI is InChI=1S/C36H32N4O5S/c1-5-44-30-17-25(15-16-29(30)43-4)33-32(35(42)45-6-2)22(3)38-36-40(33)34(41)31(46-36)18-26-21-39(28-10-8-7-9-27(26)28)20-24-13-11-23(19-37)12-14-24/h7-18,21,33H,5-6,20H2,1-4H3/b31-18-/t33-/m0/s1. The van der Waals surface area contributed by atoms with Crippen molar-refractivity contribution in [2.24, 2.45) is 4.99 Å². The molecule has 1 aliphatic heterocycles. The molecule has 0 N–H and O–H groups in total. The summed E-state index contributed by atoms with van der Waals surface area (Å²) in [7, 11) is 1.57. The minimum Gasteiger partial charge on any atom is -0.493 e. The quantitative estimate of drug-likeness (QED) is 0.210. The van der Waals surface area contributed by atoms with Gasteiger partial charge in [0, 0.05) is 29.2 Å². The Kier molecular flexibility index (Phi) is 8.59. The lowest BCUT2D eigenvalue weighted by molar-refractivity contribution is -0.139. The molecule has 0 amide bonds. The van der Waals surface area contributed by atoms with Crippen molar-refractivity contribution in [2.75, 3.05) is 20.3 Å². The van der Waals surface area contributed by atoms with E-state index in [9.17, 15) is 14.9 Å². The Labute approximate surface area is 269 Å². The fraction of sp³-hybridized carbons (Fsp3) is 0.222. The van der Waals surface area contributed by atoms with Gasteiger partial charge in [0.15, 0.2) is 16.3 Å². The number of ether oxygens (including phenoxy) is 3. The van der Waals surface area contributed by atoms with Gasteiger partial charge in [-0.25, -0.2) is 9.79 Å². The molecule has 0 bridgehead atoms. The summed E-state index contributed by atoms with van der Waals surface area (Å²) in [6.45, 7) is 6.59. The number of fused-ring (bicyclic) bond motifs is 2. The lowest BCUT2D eigenvalue weighted by Crippen LogP contribution is -2.40. The second-order valence-electron chi connectivity index (χ2n) is 10.7. The number of esters is 1. The zero-order chi connectivity index (χ0) is 32.4. The van der Waals surface area contributed by atoms with Crippen LogP contribution in [0, 0.1) is 11.3 Å². The first-order valence-electron chi connectivity index (χ1n) is 14.9. The van der Waals surface area contributed by atoms with Crippen LogP contribution in [0.3, 0.4) is 0 Å². The lowest BCUT2D eigenvalue weighted by atomic mass is 9.95. The summed E-state index contributed by atoms with van der Waals surface area (Å²) in [6.07, 6.45) is 3.92. The zero-order valence-corrected chi connectivity index (χ0v) is 26.8. The van der Waals surface area contributed by atoms with Gasteiger partial charge in [0.1, 0.15) is 0 Å². The molecule has 5 aromatic rings. The number of carbonyl (C=O) groups excluding carboxylic acids is 1. The van der Waals surface area contributed by atoms with E-state index in [-0.39, 0.29) is 12.2 Å². The molecule has 0 fully saturated rings. The van der Waals surface area contributed by atoms with Gasteiger partial charge in [-0.2, -0.15) is 5.26 Å². The van der Waals surface area contributed by atoms with Crippen LogP contribution in [-0.4, -0.2) is 35.4 Å². The highest BCUT2D eigenvalue weighted by atomic mass is 32.1. The summed E-state index contributed by atoms with van der Waals surface area (Å²) in [5.41, 5.74) is 4.77. The van der Waals surface area contributed by atoms with Gasteiger partial charge in [-0.15, -0.1) is 0 Å². The number of nitriles is 1. The van der Waals surface area contributed by atoms with E-state index in [0.717, 1.165) is 22.0 Å². The minimum absolute atomic E-state index is 0.187. The van der Waals surface area contributed by atoms with E-state index in [1.54, 1.807) is 37.7 Å². The summed E-state index contributed by atoms with van der Waals surface area (Å²) in [4.78, 5) is 32.8. The van der Waals surface area contributed by atoms with E-state index >= 15 is 0 Å². The number of hydrogen-bond donors (Lipinski definition) is 0. The first-order chi connectivity index (χ1) is 22.4. The van der Waals surface area contributed by atoms with Crippen molar-refractivity contribution in [1.29, 1.82) is 5.26 Å². The molecule has 0 aliphatic carbocycles. The van der Waals surface area contributed by atoms with Crippen LogP contribution in [0.25, 0.3) is 17.0 Å². The Bertz CT molecular complexity index is 2220. The number of para-hydroxylation sites is 1. The average molecular weight is 633 g/mol. The third-order valence-corrected chi connectivity index (χ3v) is 8.85. The SMILES string of the molecule is CCOC(=O)C1=C(C)N=c2s/c(=C\c3cn(Cc4ccc(C#N)cc4)c4ccccc34)c(=O)n2[C@H]1c1ccc(OC)c(OCC)c1. The minimum atomic E-state index is -0.778. The number of methoxy groups -OCH3 is 1. The number of rotatable bonds is 9. The lowest BCUT2D eigenvalue weighted by Gasteiger charge is -2.25. The third kappa shape index (κ3) is 5.61. The van der Waals surface area contributed by atoms with Gasteiger partial charge >= 0.3 is 5.97 Å². The van der Waals surface area contributed by atoms with Crippen LogP contribution in [0.5, 0.6) is 11.5 Å². The molecular weight excluding hydrogens is 600 g/mol. The summed E-state index contributed by atoms with van der Waals surface area (Å²) in [5, 5.41) is 10.2. The molecule has 1 atom stereocenters. The van der Waals surface area contributed by atoms with E-state index in [1.165, 1.54) is 11.3 Å². The van der Waals surface area contributed by atoms with Crippen molar-refractivity contribution in [1.82, 2.24) is 9.13 Å². The molecule has 2 aromatic heterocycles. The number of thiazole rings is 1. The van der Waals surface area contributed by atoms with Crippen molar-refractivity contribution in [3.05, 3.63) is 126 Å². The maximum atomic E-state index is 14.3. The Morgan fingerprint density at radius 1 is 1.07 bits per heavy atom. The monoisotopic (exact) mass is 632 g/mol. The number of allylic oxidation sites excluding steroid dienone is 1. The van der Waals surface area contributed by atoms with Gasteiger partial charge in [0.2, 0.25) is 0 Å². The highest BCUT2D eigenvalue weighted by Gasteiger charge is 2.34. The van der Waals surface area contributed by atoms with Crippen molar-refractivity contribution in [3.8, 4) is 17.6 Å². The smallest absolute Gasteiger partial charge is 0.338 e. The van der Waals surface area contributed by atoms with E-state index in [1.807, 2.05) is 73.8 Å². The number of aromatic nitrogens is 2. The molecule has 3 aromatic carbocycles. The Hall–Kier alpha value is -5.40. The van der Waals surface area contributed by atoms with Gasteiger partial charge in [-0.05, 0) is 68.3 Å². The number of nitrogens with zero attached hydrogens (tertiary/aromatic N) is 4. The largest absolute Gasteiger partial charge is 0.493 e. The van der Waals surface area contributed by atoms with Crippen molar-refractivity contribution in [3.63, 3.8) is 0 Å². The fourth-order valence-electron chi connectivity index (χ4n) is 5.78. The van der Waals surface area contributed by atoms with Gasteiger partial charge in [0.05, 0.1) is 53.8 Å². The van der Waals surface area contributed by atoms with Gasteiger partial charge in [-0.3, -0.25) is 9.36 Å². The highest BCUT2D eigenvalue weighted by molar-refractivity contribution is 7.07. The number of hydrogen-bond acceptors (Lipinski definition) is 8. The predicted octanol–water partition coefficient (Wildman–Crippen LogP) is 5.08. The van der Waals surface area contributed by atoms with Crippen LogP contribution in [0.15, 0.2) is 94.0 Å². The van der Waals surface area contributed by atoms with Gasteiger partial charge in [-0.1, -0.05) is 47.7 Å². The maximum absolute atomic E-state index is 14.3. The Balaban J connectivity index is 1.50. The molecule has 232 valence electrons. The molecular formula is C36H32N4O5S. The summed E-state index contributed by atoms with van der Waals surface area (Å²) >= 11 is 1.28. The van der Waals surface area contributed by atoms with Crippen LogP contribution >= 0.6 is 11.3 Å². The number of carbonyl (C=O) groups is 1. The van der Waals surface area contributed by atoms with Crippen molar-refractivity contribution >= 4 is 34.3 Å². The summed E-state index contributed by atoms with van der Waals surface area (Å²) < 4.78 is 21.0. The molecule has 3 heterocycles. The number of benzene rings is 3. The maximum Gasteiger partial charge on any atom is 0.338 e. The van der Waals surface area contributed by atoms with Crippen molar-refractivity contribution in [2.45, 2.75) is 33.4 Å². The average Bonchev–Trinajstić information content (AvgIpc) is 3.56. The topological polar surface area (TPSA) is 108 Å². The molecule has 0 unspecified atom stereocenters. The molecule has 1 aliphatic rings. The van der Waals surface area contributed by atoms with Gasteiger partial charge in [0.25, 0.3) is 5.56 Å². The molecule has 0 saturated heterocycles. The van der Waals surface area contributed by atoms with Crippen LogP contribution in [0.1, 0.15) is 49.1 Å². The Morgan fingerprint density at radius 3 is 2.57 bits per heavy atom.